The molecule has 1 aliphatic rings. The molecule has 0 saturated carbocycles. The molecule has 0 spiro atoms. The number of nitrogens with zero attached hydrogens (tertiary/aromatic N) is 1. The van der Waals surface area contributed by atoms with Gasteiger partial charge < -0.3 is 15.3 Å². The first-order valence-electron chi connectivity index (χ1n) is 5.85. The molecule has 88 valence electrons. The van der Waals surface area contributed by atoms with Crippen LogP contribution in [0.15, 0.2) is 0 Å². The standard InChI is InChI=1S/C11H22N2O2/c1-3-6-12-10-4-7-13(11(10)15)9(2)5-8-14/h9-10,12,14H,3-8H2,1-2H3. The Balaban J connectivity index is 2.41. The molecule has 1 fully saturated rings. The monoisotopic (exact) mass is 214 g/mol. The highest BCUT2D eigenvalue weighted by Crippen LogP contribution is 2.16. The molecule has 0 aromatic heterocycles. The number of hydrogen-bond acceptors (Lipinski definition) is 3. The Hall–Kier alpha value is -0.610. The highest BCUT2D eigenvalue weighted by atomic mass is 16.3. The molecule has 0 aromatic rings. The summed E-state index contributed by atoms with van der Waals surface area (Å²) in [7, 11) is 0. The largest absolute Gasteiger partial charge is 0.396 e. The van der Waals surface area contributed by atoms with Crippen molar-refractivity contribution in [3.8, 4) is 0 Å². The lowest BCUT2D eigenvalue weighted by Gasteiger charge is -2.24. The van der Waals surface area contributed by atoms with Crippen molar-refractivity contribution in [1.82, 2.24) is 10.2 Å². The lowest BCUT2D eigenvalue weighted by molar-refractivity contribution is -0.131. The molecule has 2 unspecified atom stereocenters. The van der Waals surface area contributed by atoms with Crippen molar-refractivity contribution in [3.63, 3.8) is 0 Å². The number of rotatable bonds is 6. The van der Waals surface area contributed by atoms with Gasteiger partial charge in [-0.05, 0) is 32.7 Å². The van der Waals surface area contributed by atoms with Gasteiger partial charge in [0.15, 0.2) is 0 Å². The van der Waals surface area contributed by atoms with Crippen LogP contribution in [0.5, 0.6) is 0 Å². The van der Waals surface area contributed by atoms with Crippen LogP contribution in [0.2, 0.25) is 0 Å². The van der Waals surface area contributed by atoms with Crippen LogP contribution in [0.25, 0.3) is 0 Å². The van der Waals surface area contributed by atoms with E-state index < -0.39 is 0 Å². The number of aliphatic hydroxyl groups is 1. The summed E-state index contributed by atoms with van der Waals surface area (Å²) in [5, 5.41) is 12.1. The molecular weight excluding hydrogens is 192 g/mol. The van der Waals surface area contributed by atoms with Gasteiger partial charge >= 0.3 is 0 Å². The second-order valence-electron chi connectivity index (χ2n) is 4.19. The fraction of sp³-hybridized carbons (Fsp3) is 0.909. The summed E-state index contributed by atoms with van der Waals surface area (Å²) in [5.74, 6) is 0.199. The third kappa shape index (κ3) is 3.18. The predicted octanol–water partition coefficient (Wildman–Crippen LogP) is 0.358. The Kier molecular flexibility index (Phi) is 5.05. The predicted molar refractivity (Wildman–Crippen MR) is 59.6 cm³/mol. The third-order valence-corrected chi connectivity index (χ3v) is 2.96. The van der Waals surface area contributed by atoms with Crippen LogP contribution in [0.3, 0.4) is 0 Å². The molecular formula is C11H22N2O2. The van der Waals surface area contributed by atoms with Gasteiger partial charge in [-0.1, -0.05) is 6.92 Å². The number of aliphatic hydroxyl groups excluding tert-OH is 1. The van der Waals surface area contributed by atoms with Gasteiger partial charge in [-0.3, -0.25) is 4.79 Å². The Labute approximate surface area is 91.6 Å². The topological polar surface area (TPSA) is 52.6 Å². The number of likely N-dealkylation sites (tertiary alicyclic amines) is 1. The van der Waals surface area contributed by atoms with E-state index in [9.17, 15) is 4.79 Å². The van der Waals surface area contributed by atoms with E-state index in [-0.39, 0.29) is 24.6 Å². The number of hydrogen-bond donors (Lipinski definition) is 2. The average Bonchev–Trinajstić information content (AvgIpc) is 2.57. The van der Waals surface area contributed by atoms with Gasteiger partial charge in [0.2, 0.25) is 5.91 Å². The molecule has 15 heavy (non-hydrogen) atoms. The van der Waals surface area contributed by atoms with Gasteiger partial charge in [-0.25, -0.2) is 0 Å². The molecule has 2 atom stereocenters. The van der Waals surface area contributed by atoms with Crippen LogP contribution in [-0.4, -0.2) is 47.7 Å². The van der Waals surface area contributed by atoms with Crippen LogP contribution in [0.1, 0.15) is 33.1 Å². The maximum Gasteiger partial charge on any atom is 0.240 e. The highest BCUT2D eigenvalue weighted by Gasteiger charge is 2.33. The molecule has 0 aromatic carbocycles. The molecule has 4 nitrogen and oxygen atoms in total. The van der Waals surface area contributed by atoms with Gasteiger partial charge in [0.05, 0.1) is 6.04 Å². The van der Waals surface area contributed by atoms with Gasteiger partial charge in [0.1, 0.15) is 0 Å². The van der Waals surface area contributed by atoms with E-state index >= 15 is 0 Å². The Morgan fingerprint density at radius 2 is 2.40 bits per heavy atom. The van der Waals surface area contributed by atoms with Crippen molar-refractivity contribution in [2.24, 2.45) is 0 Å². The molecule has 4 heteroatoms. The van der Waals surface area contributed by atoms with E-state index in [1.165, 1.54) is 0 Å². The smallest absolute Gasteiger partial charge is 0.240 e. The van der Waals surface area contributed by atoms with Crippen LogP contribution in [-0.2, 0) is 4.79 Å². The Morgan fingerprint density at radius 1 is 1.67 bits per heavy atom. The van der Waals surface area contributed by atoms with Crippen LogP contribution >= 0.6 is 0 Å². The summed E-state index contributed by atoms with van der Waals surface area (Å²) < 4.78 is 0. The molecule has 0 radical (unpaired) electrons. The first kappa shape index (κ1) is 12.5. The van der Waals surface area contributed by atoms with Crippen LogP contribution < -0.4 is 5.32 Å². The summed E-state index contributed by atoms with van der Waals surface area (Å²) in [4.78, 5) is 13.8. The van der Waals surface area contributed by atoms with E-state index in [4.69, 9.17) is 5.11 Å². The minimum atomic E-state index is 0.00564. The Morgan fingerprint density at radius 3 is 3.00 bits per heavy atom. The van der Waals surface area contributed by atoms with Crippen molar-refractivity contribution >= 4 is 5.91 Å². The molecule has 1 aliphatic heterocycles. The SMILES string of the molecule is CCCNC1CCN(C(C)CCO)C1=O. The average molecular weight is 214 g/mol. The zero-order chi connectivity index (χ0) is 11.3. The fourth-order valence-electron chi connectivity index (χ4n) is 1.99. The first-order chi connectivity index (χ1) is 7.20. The van der Waals surface area contributed by atoms with Gasteiger partial charge in [0.25, 0.3) is 0 Å². The zero-order valence-electron chi connectivity index (χ0n) is 9.70. The van der Waals surface area contributed by atoms with Crippen molar-refractivity contribution in [2.45, 2.75) is 45.2 Å². The molecule has 1 amide bonds. The molecule has 1 saturated heterocycles. The summed E-state index contributed by atoms with van der Waals surface area (Å²) >= 11 is 0. The van der Waals surface area contributed by atoms with Gasteiger partial charge in [-0.15, -0.1) is 0 Å². The summed E-state index contributed by atoms with van der Waals surface area (Å²) in [6.07, 6.45) is 2.62. The minimum Gasteiger partial charge on any atom is -0.396 e. The van der Waals surface area contributed by atoms with E-state index in [0.717, 1.165) is 25.9 Å². The van der Waals surface area contributed by atoms with E-state index in [1.54, 1.807) is 0 Å². The van der Waals surface area contributed by atoms with Crippen LogP contribution in [0, 0.1) is 0 Å². The second kappa shape index (κ2) is 6.08. The minimum absolute atomic E-state index is 0.00564. The van der Waals surface area contributed by atoms with Crippen molar-refractivity contribution < 1.29 is 9.90 Å². The van der Waals surface area contributed by atoms with E-state index in [1.807, 2.05) is 11.8 Å². The fourth-order valence-corrected chi connectivity index (χ4v) is 1.99. The normalized spacial score (nSPS) is 23.5. The third-order valence-electron chi connectivity index (χ3n) is 2.96. The molecule has 2 N–H and O–H groups in total. The lowest BCUT2D eigenvalue weighted by Crippen LogP contribution is -2.42. The van der Waals surface area contributed by atoms with Gasteiger partial charge in [-0.2, -0.15) is 0 Å². The zero-order valence-corrected chi connectivity index (χ0v) is 9.70. The molecule has 1 rings (SSSR count). The van der Waals surface area contributed by atoms with Gasteiger partial charge in [0, 0.05) is 19.2 Å². The molecule has 1 heterocycles. The first-order valence-corrected chi connectivity index (χ1v) is 5.85. The van der Waals surface area contributed by atoms with E-state index in [2.05, 4.69) is 12.2 Å². The van der Waals surface area contributed by atoms with Crippen molar-refractivity contribution in [3.05, 3.63) is 0 Å². The van der Waals surface area contributed by atoms with Crippen molar-refractivity contribution in [1.29, 1.82) is 0 Å². The van der Waals surface area contributed by atoms with Crippen molar-refractivity contribution in [2.75, 3.05) is 19.7 Å². The summed E-state index contributed by atoms with van der Waals surface area (Å²) in [5.41, 5.74) is 0. The van der Waals surface area contributed by atoms with Crippen LogP contribution in [0.4, 0.5) is 0 Å². The van der Waals surface area contributed by atoms with E-state index in [0.29, 0.717) is 6.42 Å². The maximum absolute atomic E-state index is 11.9. The lowest BCUT2D eigenvalue weighted by atomic mass is 10.2. The maximum atomic E-state index is 11.9. The molecule has 0 bridgehead atoms. The second-order valence-corrected chi connectivity index (χ2v) is 4.19. The number of carbonyl (C=O) groups is 1. The summed E-state index contributed by atoms with van der Waals surface area (Å²) in [6, 6.07) is 0.169. The molecule has 0 aliphatic carbocycles. The summed E-state index contributed by atoms with van der Waals surface area (Å²) in [6.45, 7) is 5.97. The quantitative estimate of drug-likeness (QED) is 0.671. The Bertz CT molecular complexity index is 209. The number of nitrogens with one attached hydrogen (secondary N) is 1. The highest BCUT2D eigenvalue weighted by molar-refractivity contribution is 5.84. The number of amides is 1. The number of carbonyl (C=O) groups excluding carboxylic acids is 1.